The van der Waals surface area contributed by atoms with Gasteiger partial charge >= 0.3 is 6.61 Å². The lowest BCUT2D eigenvalue weighted by molar-refractivity contribution is -0.0507. The molecule has 1 aromatic carbocycles. The molecule has 0 spiro atoms. The molecule has 0 aliphatic carbocycles. The number of pyridine rings is 1. The summed E-state index contributed by atoms with van der Waals surface area (Å²) in [6, 6.07) is 5.73. The molecular weight excluding hydrogens is 378 g/mol. The third kappa shape index (κ3) is 2.26. The van der Waals surface area contributed by atoms with Gasteiger partial charge < -0.3 is 14.2 Å². The fourth-order valence-corrected chi connectivity index (χ4v) is 4.09. The van der Waals surface area contributed by atoms with E-state index in [0.29, 0.717) is 17.0 Å². The molecule has 2 atom stereocenters. The minimum atomic E-state index is -3.11. The zero-order valence-electron chi connectivity index (χ0n) is 16.6. The summed E-state index contributed by atoms with van der Waals surface area (Å²) >= 11 is 6.05. The van der Waals surface area contributed by atoms with Gasteiger partial charge in [0.1, 0.15) is 22.2 Å². The van der Waals surface area contributed by atoms with E-state index in [2.05, 4.69) is 9.97 Å². The number of nitrogens with zero attached hydrogens (tertiary/aromatic N) is 4. The van der Waals surface area contributed by atoms with E-state index < -0.39 is 31.6 Å². The van der Waals surface area contributed by atoms with E-state index in [1.54, 1.807) is 16.7 Å². The average Bonchev–Trinajstić information content (AvgIpc) is 3.13. The topological polar surface area (TPSA) is 60.3 Å². The highest BCUT2D eigenvalue weighted by Crippen LogP contribution is 2.49. The number of aromatic nitrogens is 3. The molecule has 2 aliphatic rings. The Labute approximate surface area is 161 Å². The van der Waals surface area contributed by atoms with Crippen molar-refractivity contribution >= 4 is 28.7 Å². The van der Waals surface area contributed by atoms with Gasteiger partial charge in [-0.15, -0.1) is 0 Å². The van der Waals surface area contributed by atoms with Crippen molar-refractivity contribution in [3.8, 4) is 5.75 Å². The monoisotopic (exact) mass is 393 g/mol. The van der Waals surface area contributed by atoms with Gasteiger partial charge in [0.15, 0.2) is 5.65 Å². The van der Waals surface area contributed by atoms with Crippen LogP contribution in [-0.4, -0.2) is 38.9 Å². The zero-order valence-corrected chi connectivity index (χ0v) is 14.3. The van der Waals surface area contributed by atoms with Crippen LogP contribution in [0.25, 0.3) is 11.2 Å². The molecule has 2 bridgehead atoms. The Kier molecular flexibility index (Phi) is 2.80. The Bertz CT molecular complexity index is 1200. The van der Waals surface area contributed by atoms with E-state index in [0.717, 1.165) is 4.90 Å². The number of amides is 1. The van der Waals surface area contributed by atoms with Crippen molar-refractivity contribution in [1.29, 1.82) is 0 Å². The van der Waals surface area contributed by atoms with Crippen molar-refractivity contribution in [2.75, 3.05) is 6.98 Å². The normalized spacial score (nSPS) is 22.9. The average molecular weight is 394 g/mol. The molecule has 138 valence electrons. The molecule has 0 saturated carbocycles. The van der Waals surface area contributed by atoms with Crippen LogP contribution in [0.4, 0.5) is 8.78 Å². The number of carbonyl (C=O) groups excluding carboxylic acids is 1. The van der Waals surface area contributed by atoms with Crippen molar-refractivity contribution in [3.63, 3.8) is 0 Å². The number of halogens is 3. The molecule has 27 heavy (non-hydrogen) atoms. The second-order valence-corrected chi connectivity index (χ2v) is 6.74. The Hall–Kier alpha value is -2.74. The van der Waals surface area contributed by atoms with Crippen LogP contribution >= 0.6 is 11.6 Å². The molecule has 0 fully saturated rings. The van der Waals surface area contributed by atoms with Crippen LogP contribution in [-0.2, 0) is 0 Å². The molecule has 0 N–H and O–H groups in total. The predicted molar refractivity (Wildman–Crippen MR) is 93.2 cm³/mol. The summed E-state index contributed by atoms with van der Waals surface area (Å²) in [5.41, 5.74) is 1.01. The largest absolute Gasteiger partial charge is 0.434 e. The summed E-state index contributed by atoms with van der Waals surface area (Å²) in [5.74, 6) is -0.669. The first kappa shape index (κ1) is 13.4. The van der Waals surface area contributed by atoms with Crippen molar-refractivity contribution in [1.82, 2.24) is 19.4 Å². The lowest BCUT2D eigenvalue weighted by atomic mass is 9.98. The standard InChI is InChI=1S/C18H13ClF2N4O2/c1-24-11-7-10(25-15-9(22-16(11)25)5-6-13(19)23-15)14-8(17(24)26)3-2-4-12(14)27-18(20)21/h2-6,10-11,18H,7H2,1H3/t10-,11-/m1/s1/i1D3. The number of rotatable bonds is 2. The first-order valence-corrected chi connectivity index (χ1v) is 8.50. The number of fused-ring (bicyclic) bond motifs is 9. The van der Waals surface area contributed by atoms with Gasteiger partial charge in [-0.1, -0.05) is 17.7 Å². The lowest BCUT2D eigenvalue weighted by Crippen LogP contribution is -2.30. The van der Waals surface area contributed by atoms with Gasteiger partial charge in [0.25, 0.3) is 5.91 Å². The fraction of sp³-hybridized carbons (Fsp3) is 0.278. The van der Waals surface area contributed by atoms with Crippen LogP contribution in [0.3, 0.4) is 0 Å². The molecule has 0 unspecified atom stereocenters. The summed E-state index contributed by atoms with van der Waals surface area (Å²) in [4.78, 5) is 22.8. The van der Waals surface area contributed by atoms with Gasteiger partial charge in [-0.05, 0) is 24.3 Å². The minimum Gasteiger partial charge on any atom is -0.434 e. The highest BCUT2D eigenvalue weighted by atomic mass is 35.5. The van der Waals surface area contributed by atoms with Gasteiger partial charge in [-0.2, -0.15) is 8.78 Å². The molecule has 4 heterocycles. The lowest BCUT2D eigenvalue weighted by Gasteiger charge is -2.24. The minimum absolute atomic E-state index is 0.00805. The van der Waals surface area contributed by atoms with E-state index in [4.69, 9.17) is 20.5 Å². The predicted octanol–water partition coefficient (Wildman–Crippen LogP) is 3.81. The van der Waals surface area contributed by atoms with Gasteiger partial charge in [-0.3, -0.25) is 4.79 Å². The van der Waals surface area contributed by atoms with Gasteiger partial charge in [0, 0.05) is 28.6 Å². The van der Waals surface area contributed by atoms with Crippen LogP contribution < -0.4 is 4.74 Å². The van der Waals surface area contributed by atoms with Crippen LogP contribution in [0, 0.1) is 0 Å². The first-order chi connectivity index (χ1) is 14.2. The molecule has 0 radical (unpaired) electrons. The summed E-state index contributed by atoms with van der Waals surface area (Å²) < 4.78 is 56.3. The first-order valence-electron chi connectivity index (χ1n) is 9.62. The second-order valence-electron chi connectivity index (χ2n) is 6.36. The SMILES string of the molecule is [2H]C([2H])([2H])N1C(=O)c2cccc(OC(F)F)c2[C@H]2C[C@@H]1c1nc3ccc(Cl)nc3n12. The number of imidazole rings is 1. The number of carbonyl (C=O) groups is 1. The molecule has 2 aliphatic heterocycles. The van der Waals surface area contributed by atoms with E-state index in [-0.39, 0.29) is 28.5 Å². The Morgan fingerprint density at radius 2 is 2.15 bits per heavy atom. The molecule has 2 aromatic heterocycles. The Morgan fingerprint density at radius 1 is 1.30 bits per heavy atom. The van der Waals surface area contributed by atoms with E-state index in [9.17, 15) is 13.6 Å². The maximum Gasteiger partial charge on any atom is 0.387 e. The van der Waals surface area contributed by atoms with E-state index >= 15 is 0 Å². The van der Waals surface area contributed by atoms with Gasteiger partial charge in [-0.25, -0.2) is 9.97 Å². The highest BCUT2D eigenvalue weighted by Gasteiger charge is 2.45. The van der Waals surface area contributed by atoms with Gasteiger partial charge in [0.05, 0.1) is 12.1 Å². The van der Waals surface area contributed by atoms with Crippen molar-refractivity contribution in [2.45, 2.75) is 25.1 Å². The Morgan fingerprint density at radius 3 is 2.93 bits per heavy atom. The van der Waals surface area contributed by atoms with Crippen LogP contribution in [0.2, 0.25) is 5.15 Å². The van der Waals surface area contributed by atoms with Gasteiger partial charge in [0.2, 0.25) is 0 Å². The summed E-state index contributed by atoms with van der Waals surface area (Å²) in [7, 11) is 0. The maximum absolute atomic E-state index is 13.2. The number of hydrogen-bond acceptors (Lipinski definition) is 4. The van der Waals surface area contributed by atoms with Crippen LogP contribution in [0.5, 0.6) is 5.75 Å². The molecular formula is C18H13ClF2N4O2. The number of ether oxygens (including phenoxy) is 1. The number of alkyl halides is 2. The quantitative estimate of drug-likeness (QED) is 0.621. The van der Waals surface area contributed by atoms with Crippen molar-refractivity contribution in [2.24, 2.45) is 0 Å². The smallest absolute Gasteiger partial charge is 0.387 e. The highest BCUT2D eigenvalue weighted by molar-refractivity contribution is 6.29. The van der Waals surface area contributed by atoms with E-state index in [1.807, 2.05) is 0 Å². The summed E-state index contributed by atoms with van der Waals surface area (Å²) in [5, 5.41) is 0.200. The summed E-state index contributed by atoms with van der Waals surface area (Å²) in [6.45, 7) is -5.89. The second kappa shape index (κ2) is 5.63. The molecule has 9 heteroatoms. The van der Waals surface area contributed by atoms with E-state index in [1.165, 1.54) is 18.2 Å². The van der Waals surface area contributed by atoms with Crippen LogP contribution in [0.15, 0.2) is 30.3 Å². The molecule has 6 nitrogen and oxygen atoms in total. The third-order valence-electron chi connectivity index (χ3n) is 4.96. The van der Waals surface area contributed by atoms with Crippen LogP contribution in [0.1, 0.15) is 44.4 Å². The molecule has 5 rings (SSSR count). The number of hydrogen-bond donors (Lipinski definition) is 0. The summed E-state index contributed by atoms with van der Waals surface area (Å²) in [6.07, 6.45) is 0.132. The molecule has 3 aromatic rings. The molecule has 1 amide bonds. The third-order valence-corrected chi connectivity index (χ3v) is 5.17. The Balaban J connectivity index is 1.85. The maximum atomic E-state index is 13.2. The van der Waals surface area contributed by atoms with Crippen molar-refractivity contribution < 1.29 is 22.4 Å². The fourth-order valence-electron chi connectivity index (χ4n) is 3.95. The number of benzene rings is 1. The zero-order chi connectivity index (χ0) is 21.4. The molecule has 0 saturated heterocycles. The van der Waals surface area contributed by atoms with Crippen molar-refractivity contribution in [3.05, 3.63) is 52.4 Å².